The van der Waals surface area contributed by atoms with Crippen LogP contribution in [0.2, 0.25) is 0 Å². The van der Waals surface area contributed by atoms with E-state index in [0.29, 0.717) is 0 Å². The lowest BCUT2D eigenvalue weighted by Crippen LogP contribution is -2.43. The standard InChI is InChI=1S/C11H24N2/c1-4-8-12(3)11-6-9-13(5-2)10-7-11/h11H,4-10H2,1-3H3. The molecule has 2 nitrogen and oxygen atoms in total. The van der Waals surface area contributed by atoms with Gasteiger partial charge >= 0.3 is 0 Å². The van der Waals surface area contributed by atoms with E-state index in [2.05, 4.69) is 30.7 Å². The van der Waals surface area contributed by atoms with Gasteiger partial charge in [0.2, 0.25) is 0 Å². The Labute approximate surface area is 82.9 Å². The topological polar surface area (TPSA) is 6.48 Å². The van der Waals surface area contributed by atoms with Gasteiger partial charge in [0.05, 0.1) is 0 Å². The van der Waals surface area contributed by atoms with Crippen molar-refractivity contribution >= 4 is 0 Å². The normalized spacial score (nSPS) is 21.2. The number of hydrogen-bond donors (Lipinski definition) is 0. The molecule has 0 saturated carbocycles. The van der Waals surface area contributed by atoms with E-state index in [-0.39, 0.29) is 0 Å². The Morgan fingerprint density at radius 3 is 2.31 bits per heavy atom. The van der Waals surface area contributed by atoms with Gasteiger partial charge in [0.1, 0.15) is 0 Å². The van der Waals surface area contributed by atoms with Crippen LogP contribution >= 0.6 is 0 Å². The lowest BCUT2D eigenvalue weighted by Gasteiger charge is -2.36. The van der Waals surface area contributed by atoms with Crippen LogP contribution in [0.15, 0.2) is 0 Å². The maximum atomic E-state index is 2.55. The SMILES string of the molecule is CCCN(C)C1CCN(CC)CC1. The zero-order chi connectivity index (χ0) is 9.68. The maximum Gasteiger partial charge on any atom is 0.0117 e. The molecular weight excluding hydrogens is 160 g/mol. The monoisotopic (exact) mass is 184 g/mol. The molecule has 0 radical (unpaired) electrons. The average molecular weight is 184 g/mol. The Morgan fingerprint density at radius 1 is 1.23 bits per heavy atom. The Morgan fingerprint density at radius 2 is 1.85 bits per heavy atom. The van der Waals surface area contributed by atoms with Crippen molar-refractivity contribution in [2.75, 3.05) is 33.2 Å². The predicted octanol–water partition coefficient (Wildman–Crippen LogP) is 1.81. The maximum absolute atomic E-state index is 2.55. The summed E-state index contributed by atoms with van der Waals surface area (Å²) in [6.45, 7) is 9.61. The van der Waals surface area contributed by atoms with Crippen LogP contribution in [-0.4, -0.2) is 49.1 Å². The van der Waals surface area contributed by atoms with Crippen LogP contribution in [0.4, 0.5) is 0 Å². The van der Waals surface area contributed by atoms with Crippen LogP contribution in [0.25, 0.3) is 0 Å². The van der Waals surface area contributed by atoms with Crippen molar-refractivity contribution in [3.05, 3.63) is 0 Å². The van der Waals surface area contributed by atoms with Gasteiger partial charge in [-0.1, -0.05) is 13.8 Å². The Balaban J connectivity index is 2.23. The molecule has 0 bridgehead atoms. The van der Waals surface area contributed by atoms with E-state index in [1.807, 2.05) is 0 Å². The first-order valence-electron chi connectivity index (χ1n) is 5.70. The van der Waals surface area contributed by atoms with Gasteiger partial charge in [0.25, 0.3) is 0 Å². The lowest BCUT2D eigenvalue weighted by atomic mass is 10.0. The number of hydrogen-bond acceptors (Lipinski definition) is 2. The summed E-state index contributed by atoms with van der Waals surface area (Å²) in [6.07, 6.45) is 4.01. The van der Waals surface area contributed by atoms with Crippen molar-refractivity contribution in [3.63, 3.8) is 0 Å². The molecule has 1 heterocycles. The highest BCUT2D eigenvalue weighted by molar-refractivity contribution is 4.77. The highest BCUT2D eigenvalue weighted by Crippen LogP contribution is 2.14. The van der Waals surface area contributed by atoms with E-state index in [1.165, 1.54) is 45.4 Å². The molecule has 78 valence electrons. The van der Waals surface area contributed by atoms with Crippen molar-refractivity contribution in [2.24, 2.45) is 0 Å². The van der Waals surface area contributed by atoms with Crippen LogP contribution < -0.4 is 0 Å². The minimum absolute atomic E-state index is 0.850. The van der Waals surface area contributed by atoms with E-state index in [1.54, 1.807) is 0 Å². The highest BCUT2D eigenvalue weighted by Gasteiger charge is 2.20. The van der Waals surface area contributed by atoms with Crippen molar-refractivity contribution in [1.29, 1.82) is 0 Å². The van der Waals surface area contributed by atoms with E-state index < -0.39 is 0 Å². The van der Waals surface area contributed by atoms with Crippen LogP contribution in [0.3, 0.4) is 0 Å². The third-order valence-corrected chi connectivity index (χ3v) is 3.20. The van der Waals surface area contributed by atoms with Crippen LogP contribution in [0, 0.1) is 0 Å². The first-order valence-corrected chi connectivity index (χ1v) is 5.70. The molecular formula is C11H24N2. The predicted molar refractivity (Wildman–Crippen MR) is 58.1 cm³/mol. The minimum Gasteiger partial charge on any atom is -0.303 e. The van der Waals surface area contributed by atoms with Gasteiger partial charge < -0.3 is 9.80 Å². The van der Waals surface area contributed by atoms with Crippen molar-refractivity contribution in [1.82, 2.24) is 9.80 Å². The van der Waals surface area contributed by atoms with E-state index >= 15 is 0 Å². The first kappa shape index (κ1) is 11.0. The third kappa shape index (κ3) is 3.28. The summed E-state index contributed by atoms with van der Waals surface area (Å²) >= 11 is 0. The second kappa shape index (κ2) is 5.61. The summed E-state index contributed by atoms with van der Waals surface area (Å²) in [6, 6.07) is 0.850. The molecule has 0 aliphatic carbocycles. The Bertz CT molecular complexity index is 128. The number of piperidine rings is 1. The average Bonchev–Trinajstić information content (AvgIpc) is 2.18. The van der Waals surface area contributed by atoms with E-state index in [4.69, 9.17) is 0 Å². The molecule has 0 N–H and O–H groups in total. The van der Waals surface area contributed by atoms with Gasteiger partial charge in [-0.2, -0.15) is 0 Å². The Hall–Kier alpha value is -0.0800. The summed E-state index contributed by atoms with van der Waals surface area (Å²) in [5.74, 6) is 0. The first-order chi connectivity index (χ1) is 6.27. The molecule has 1 rings (SSSR count). The number of likely N-dealkylation sites (tertiary alicyclic amines) is 1. The van der Waals surface area contributed by atoms with Gasteiger partial charge in [0, 0.05) is 6.04 Å². The zero-order valence-electron chi connectivity index (χ0n) is 9.42. The van der Waals surface area contributed by atoms with Gasteiger partial charge in [-0.25, -0.2) is 0 Å². The van der Waals surface area contributed by atoms with Crippen molar-refractivity contribution in [3.8, 4) is 0 Å². The summed E-state index contributed by atoms with van der Waals surface area (Å²) in [4.78, 5) is 5.09. The lowest BCUT2D eigenvalue weighted by molar-refractivity contribution is 0.132. The molecule has 0 aromatic carbocycles. The second-order valence-electron chi connectivity index (χ2n) is 4.15. The largest absolute Gasteiger partial charge is 0.303 e. The summed E-state index contributed by atoms with van der Waals surface area (Å²) in [5, 5.41) is 0. The van der Waals surface area contributed by atoms with Crippen LogP contribution in [0.5, 0.6) is 0 Å². The van der Waals surface area contributed by atoms with E-state index in [9.17, 15) is 0 Å². The summed E-state index contributed by atoms with van der Waals surface area (Å²) in [7, 11) is 2.27. The summed E-state index contributed by atoms with van der Waals surface area (Å²) < 4.78 is 0. The van der Waals surface area contributed by atoms with Crippen LogP contribution in [-0.2, 0) is 0 Å². The molecule has 0 aromatic rings. The molecule has 13 heavy (non-hydrogen) atoms. The second-order valence-corrected chi connectivity index (χ2v) is 4.15. The zero-order valence-corrected chi connectivity index (χ0v) is 9.42. The van der Waals surface area contributed by atoms with Crippen molar-refractivity contribution in [2.45, 2.75) is 39.2 Å². The molecule has 1 saturated heterocycles. The Kier molecular flexibility index (Phi) is 4.74. The van der Waals surface area contributed by atoms with Gasteiger partial charge in [-0.3, -0.25) is 0 Å². The highest BCUT2D eigenvalue weighted by atomic mass is 15.2. The molecule has 0 unspecified atom stereocenters. The fraction of sp³-hybridized carbons (Fsp3) is 1.00. The van der Waals surface area contributed by atoms with Crippen molar-refractivity contribution < 1.29 is 0 Å². The molecule has 0 spiro atoms. The van der Waals surface area contributed by atoms with Crippen LogP contribution in [0.1, 0.15) is 33.1 Å². The molecule has 1 aliphatic heterocycles. The fourth-order valence-electron chi connectivity index (χ4n) is 2.21. The third-order valence-electron chi connectivity index (χ3n) is 3.20. The molecule has 1 fully saturated rings. The molecule has 2 heteroatoms. The van der Waals surface area contributed by atoms with E-state index in [0.717, 1.165) is 6.04 Å². The molecule has 0 amide bonds. The number of nitrogens with zero attached hydrogens (tertiary/aromatic N) is 2. The van der Waals surface area contributed by atoms with Gasteiger partial charge in [-0.05, 0) is 52.5 Å². The van der Waals surface area contributed by atoms with Gasteiger partial charge in [-0.15, -0.1) is 0 Å². The molecule has 0 atom stereocenters. The van der Waals surface area contributed by atoms with Gasteiger partial charge in [0.15, 0.2) is 0 Å². The smallest absolute Gasteiger partial charge is 0.0117 e. The number of rotatable bonds is 4. The quantitative estimate of drug-likeness (QED) is 0.657. The summed E-state index contributed by atoms with van der Waals surface area (Å²) in [5.41, 5.74) is 0. The molecule has 0 aromatic heterocycles. The fourth-order valence-corrected chi connectivity index (χ4v) is 2.21. The minimum atomic E-state index is 0.850. The molecule has 1 aliphatic rings.